The van der Waals surface area contributed by atoms with Crippen LogP contribution in [-0.4, -0.2) is 29.9 Å². The van der Waals surface area contributed by atoms with Crippen molar-refractivity contribution in [1.29, 1.82) is 0 Å². The van der Waals surface area contributed by atoms with E-state index in [1.165, 1.54) is 0 Å². The van der Waals surface area contributed by atoms with Crippen LogP contribution in [0.5, 0.6) is 0 Å². The van der Waals surface area contributed by atoms with Crippen molar-refractivity contribution in [3.8, 4) is 11.4 Å². The number of pyridine rings is 3. The van der Waals surface area contributed by atoms with E-state index in [-0.39, 0.29) is 0 Å². The van der Waals surface area contributed by atoms with Crippen molar-refractivity contribution in [3.63, 3.8) is 0 Å². The quantitative estimate of drug-likeness (QED) is 0.471. The van der Waals surface area contributed by atoms with Crippen molar-refractivity contribution in [2.45, 2.75) is 39.5 Å². The van der Waals surface area contributed by atoms with Crippen LogP contribution in [0.4, 0.5) is 0 Å². The van der Waals surface area contributed by atoms with Crippen LogP contribution in [0.15, 0.2) is 60.9 Å². The van der Waals surface area contributed by atoms with E-state index in [1.54, 1.807) is 6.33 Å². The Bertz CT molecular complexity index is 1140. The van der Waals surface area contributed by atoms with Gasteiger partial charge in [0.05, 0.1) is 11.4 Å². The molecule has 6 nitrogen and oxygen atoms in total. The maximum atomic E-state index is 4.76. The lowest BCUT2D eigenvalue weighted by atomic mass is 10.1. The number of rotatable bonds is 7. The maximum Gasteiger partial charge on any atom is 0.132 e. The fraction of sp³-hybridized carbons (Fsp3) is 0.250. The predicted molar refractivity (Wildman–Crippen MR) is 116 cm³/mol. The maximum absolute atomic E-state index is 4.76. The van der Waals surface area contributed by atoms with Gasteiger partial charge in [0.1, 0.15) is 18.0 Å². The molecule has 4 rings (SSSR count). The molecular formula is C24H24N6. The molecule has 0 unspecified atom stereocenters. The van der Waals surface area contributed by atoms with Gasteiger partial charge in [0.25, 0.3) is 0 Å². The first kappa shape index (κ1) is 19.8. The average molecular weight is 396 g/mol. The minimum absolute atomic E-state index is 0.718. The molecule has 0 N–H and O–H groups in total. The standard InChI is InChI=1S/C24H24N6/c1-17-6-3-8-19(27-17)12-14-23-25-16-26-24(30-23)15-13-20-9-5-11-22(29-20)21-10-4-7-18(2)28-21/h3-11,16H,12-15H2,1-2H3. The fourth-order valence-electron chi connectivity index (χ4n) is 3.28. The van der Waals surface area contributed by atoms with E-state index in [9.17, 15) is 0 Å². The highest BCUT2D eigenvalue weighted by molar-refractivity contribution is 5.54. The van der Waals surface area contributed by atoms with Crippen molar-refractivity contribution >= 4 is 0 Å². The lowest BCUT2D eigenvalue weighted by Gasteiger charge is -2.06. The number of aryl methyl sites for hydroxylation is 6. The van der Waals surface area contributed by atoms with E-state index in [0.717, 1.165) is 71.5 Å². The van der Waals surface area contributed by atoms with Crippen LogP contribution in [0.1, 0.15) is 34.4 Å². The van der Waals surface area contributed by atoms with Crippen molar-refractivity contribution in [3.05, 3.63) is 95.3 Å². The van der Waals surface area contributed by atoms with Gasteiger partial charge in [0.15, 0.2) is 0 Å². The number of aromatic nitrogens is 6. The summed E-state index contributed by atoms with van der Waals surface area (Å²) in [4.78, 5) is 27.2. The third-order valence-corrected chi connectivity index (χ3v) is 4.78. The molecule has 0 saturated heterocycles. The second-order valence-corrected chi connectivity index (χ2v) is 7.27. The molecule has 4 heterocycles. The third-order valence-electron chi connectivity index (χ3n) is 4.78. The lowest BCUT2D eigenvalue weighted by Crippen LogP contribution is -2.06. The van der Waals surface area contributed by atoms with Crippen molar-refractivity contribution < 1.29 is 0 Å². The zero-order valence-electron chi connectivity index (χ0n) is 17.3. The summed E-state index contributed by atoms with van der Waals surface area (Å²) in [5.41, 5.74) is 5.85. The smallest absolute Gasteiger partial charge is 0.132 e. The van der Waals surface area contributed by atoms with Crippen LogP contribution in [0.3, 0.4) is 0 Å². The minimum Gasteiger partial charge on any atom is -0.258 e. The molecule has 0 fully saturated rings. The second kappa shape index (κ2) is 9.31. The van der Waals surface area contributed by atoms with E-state index < -0.39 is 0 Å². The molecule has 0 atom stereocenters. The van der Waals surface area contributed by atoms with Crippen LogP contribution < -0.4 is 0 Å². The molecule has 0 aliphatic heterocycles. The van der Waals surface area contributed by atoms with Crippen molar-refractivity contribution in [2.24, 2.45) is 0 Å². The largest absolute Gasteiger partial charge is 0.258 e. The topological polar surface area (TPSA) is 77.3 Å². The van der Waals surface area contributed by atoms with Crippen LogP contribution in [0.25, 0.3) is 11.4 Å². The monoisotopic (exact) mass is 396 g/mol. The van der Waals surface area contributed by atoms with Gasteiger partial charge in [0, 0.05) is 35.6 Å². The van der Waals surface area contributed by atoms with Gasteiger partial charge < -0.3 is 0 Å². The third kappa shape index (κ3) is 5.29. The number of hydrogen-bond acceptors (Lipinski definition) is 6. The summed E-state index contributed by atoms with van der Waals surface area (Å²) in [6.45, 7) is 3.99. The first-order chi connectivity index (χ1) is 14.7. The Labute approximate surface area is 176 Å². The van der Waals surface area contributed by atoms with Gasteiger partial charge in [-0.25, -0.2) is 15.0 Å². The first-order valence-corrected chi connectivity index (χ1v) is 10.1. The van der Waals surface area contributed by atoms with E-state index in [2.05, 4.69) is 24.9 Å². The summed E-state index contributed by atoms with van der Waals surface area (Å²) in [6.07, 6.45) is 4.65. The Morgan fingerprint density at radius 2 is 1.07 bits per heavy atom. The minimum atomic E-state index is 0.718. The normalized spacial score (nSPS) is 10.9. The average Bonchev–Trinajstić information content (AvgIpc) is 2.77. The van der Waals surface area contributed by atoms with E-state index in [0.29, 0.717) is 0 Å². The van der Waals surface area contributed by atoms with Crippen LogP contribution >= 0.6 is 0 Å². The molecule has 0 radical (unpaired) electrons. The number of hydrogen-bond donors (Lipinski definition) is 0. The van der Waals surface area contributed by atoms with Crippen LogP contribution in [-0.2, 0) is 25.7 Å². The molecule has 0 bridgehead atoms. The highest BCUT2D eigenvalue weighted by Gasteiger charge is 2.06. The van der Waals surface area contributed by atoms with Gasteiger partial charge in [-0.05, 0) is 63.1 Å². The Hall–Kier alpha value is -3.54. The summed E-state index contributed by atoms with van der Waals surface area (Å²) in [5, 5.41) is 0. The van der Waals surface area contributed by atoms with E-state index >= 15 is 0 Å². The first-order valence-electron chi connectivity index (χ1n) is 10.1. The highest BCUT2D eigenvalue weighted by Crippen LogP contribution is 2.15. The molecule has 6 heteroatoms. The summed E-state index contributed by atoms with van der Waals surface area (Å²) in [7, 11) is 0. The van der Waals surface area contributed by atoms with Crippen LogP contribution in [0.2, 0.25) is 0 Å². The molecule has 4 aromatic rings. The highest BCUT2D eigenvalue weighted by atomic mass is 15.0. The van der Waals surface area contributed by atoms with Crippen molar-refractivity contribution in [1.82, 2.24) is 29.9 Å². The van der Waals surface area contributed by atoms with Crippen LogP contribution in [0, 0.1) is 13.8 Å². The molecular weight excluding hydrogens is 372 g/mol. The Kier molecular flexibility index (Phi) is 6.13. The van der Waals surface area contributed by atoms with Crippen molar-refractivity contribution in [2.75, 3.05) is 0 Å². The number of nitrogens with zero attached hydrogens (tertiary/aromatic N) is 6. The molecule has 0 spiro atoms. The van der Waals surface area contributed by atoms with Gasteiger partial charge in [-0.1, -0.05) is 18.2 Å². The van der Waals surface area contributed by atoms with E-state index in [1.807, 2.05) is 68.4 Å². The lowest BCUT2D eigenvalue weighted by molar-refractivity contribution is 0.757. The molecule has 0 aliphatic rings. The fourth-order valence-corrected chi connectivity index (χ4v) is 3.28. The summed E-state index contributed by atoms with van der Waals surface area (Å²) in [5.74, 6) is 1.59. The molecule has 0 aliphatic carbocycles. The van der Waals surface area contributed by atoms with Gasteiger partial charge in [0.2, 0.25) is 0 Å². The zero-order valence-corrected chi connectivity index (χ0v) is 17.3. The Balaban J connectivity index is 1.39. The summed E-state index contributed by atoms with van der Waals surface area (Å²) >= 11 is 0. The molecule has 30 heavy (non-hydrogen) atoms. The molecule has 0 aromatic carbocycles. The Morgan fingerprint density at radius 1 is 0.533 bits per heavy atom. The summed E-state index contributed by atoms with van der Waals surface area (Å²) < 4.78 is 0. The molecule has 0 saturated carbocycles. The Morgan fingerprint density at radius 3 is 1.70 bits per heavy atom. The van der Waals surface area contributed by atoms with E-state index in [4.69, 9.17) is 4.98 Å². The predicted octanol–water partition coefficient (Wildman–Crippen LogP) is 3.91. The molecule has 0 amide bonds. The van der Waals surface area contributed by atoms with Gasteiger partial charge in [-0.15, -0.1) is 0 Å². The van der Waals surface area contributed by atoms with Gasteiger partial charge in [-0.3, -0.25) is 15.0 Å². The second-order valence-electron chi connectivity index (χ2n) is 7.27. The van der Waals surface area contributed by atoms with Gasteiger partial charge >= 0.3 is 0 Å². The molecule has 150 valence electrons. The molecule has 4 aromatic heterocycles. The summed E-state index contributed by atoms with van der Waals surface area (Å²) in [6, 6.07) is 18.1. The zero-order chi connectivity index (χ0) is 20.8. The van der Waals surface area contributed by atoms with Gasteiger partial charge in [-0.2, -0.15) is 0 Å². The SMILES string of the molecule is Cc1cccc(CCc2ncnc(CCc3cccc(-c4cccc(C)n4)n3)n2)n1.